The maximum absolute atomic E-state index is 12.3. The molecule has 1 nitrogen and oxygen atoms in total. The third-order valence-corrected chi connectivity index (χ3v) is 2.66. The molecule has 0 aliphatic carbocycles. The first-order chi connectivity index (χ1) is 7.07. The SMILES string of the molecule is CC(C)c1cccc(C(C)C)c1OSF. The lowest BCUT2D eigenvalue weighted by molar-refractivity contribution is 0.579. The Labute approximate surface area is 95.5 Å². The van der Waals surface area contributed by atoms with Crippen LogP contribution in [-0.2, 0) is 0 Å². The zero-order valence-corrected chi connectivity index (χ0v) is 10.4. The lowest BCUT2D eigenvalue weighted by Gasteiger charge is -2.16. The van der Waals surface area contributed by atoms with E-state index in [0.29, 0.717) is 17.6 Å². The lowest BCUT2D eigenvalue weighted by Crippen LogP contribution is -1.98. The van der Waals surface area contributed by atoms with Gasteiger partial charge in [0.1, 0.15) is 5.75 Å². The molecule has 0 amide bonds. The molecule has 0 bridgehead atoms. The first-order valence-electron chi connectivity index (χ1n) is 5.16. The van der Waals surface area contributed by atoms with E-state index in [-0.39, 0.29) is 12.4 Å². The van der Waals surface area contributed by atoms with Gasteiger partial charge in [0.05, 0.1) is 0 Å². The van der Waals surface area contributed by atoms with E-state index in [4.69, 9.17) is 4.18 Å². The maximum Gasteiger partial charge on any atom is 0.272 e. The highest BCUT2D eigenvalue weighted by Gasteiger charge is 2.15. The fraction of sp³-hybridized carbons (Fsp3) is 0.500. The second-order valence-corrected chi connectivity index (χ2v) is 4.51. The maximum atomic E-state index is 12.3. The molecule has 0 N–H and O–H groups in total. The molecule has 0 fully saturated rings. The Bertz CT molecular complexity index is 297. The molecular weight excluding hydrogens is 211 g/mol. The predicted molar refractivity (Wildman–Crippen MR) is 63.9 cm³/mol. The number of halogens is 1. The molecule has 1 aromatic rings. The van der Waals surface area contributed by atoms with Crippen molar-refractivity contribution in [2.75, 3.05) is 0 Å². The van der Waals surface area contributed by atoms with Crippen molar-refractivity contribution in [2.45, 2.75) is 39.5 Å². The molecule has 3 heteroatoms. The smallest absolute Gasteiger partial charge is 0.272 e. The quantitative estimate of drug-likeness (QED) is 0.682. The molecule has 0 saturated carbocycles. The molecule has 0 aliphatic rings. The largest absolute Gasteiger partial charge is 0.396 e. The standard InChI is InChI=1S/C12H17FOS/c1-8(2)10-6-5-7-11(9(3)4)12(10)14-15-13/h5-9H,1-4H3. The summed E-state index contributed by atoms with van der Waals surface area (Å²) in [5, 5.41) is 0. The molecule has 0 spiro atoms. The molecule has 0 unspecified atom stereocenters. The van der Waals surface area contributed by atoms with E-state index >= 15 is 0 Å². The average Bonchev–Trinajstić information content (AvgIpc) is 2.17. The highest BCUT2D eigenvalue weighted by Crippen LogP contribution is 2.36. The minimum Gasteiger partial charge on any atom is -0.396 e. The molecule has 15 heavy (non-hydrogen) atoms. The number of benzene rings is 1. The normalized spacial score (nSPS) is 11.1. The first-order valence-corrected chi connectivity index (χ1v) is 5.80. The van der Waals surface area contributed by atoms with Crippen LogP contribution in [0.2, 0.25) is 0 Å². The monoisotopic (exact) mass is 228 g/mol. The Morgan fingerprint density at radius 2 is 1.53 bits per heavy atom. The molecule has 0 radical (unpaired) electrons. The molecule has 1 rings (SSSR count). The molecular formula is C12H17FOS. The van der Waals surface area contributed by atoms with Crippen LogP contribution >= 0.6 is 12.4 Å². The third-order valence-electron chi connectivity index (χ3n) is 2.43. The molecule has 0 heterocycles. The van der Waals surface area contributed by atoms with E-state index < -0.39 is 0 Å². The van der Waals surface area contributed by atoms with Gasteiger partial charge in [0.2, 0.25) is 0 Å². The van der Waals surface area contributed by atoms with Gasteiger partial charge in [-0.05, 0) is 23.0 Å². The fourth-order valence-corrected chi connectivity index (χ4v) is 1.87. The van der Waals surface area contributed by atoms with Gasteiger partial charge in [0, 0.05) is 0 Å². The molecule has 0 aromatic heterocycles. The van der Waals surface area contributed by atoms with Crippen LogP contribution in [0.3, 0.4) is 0 Å². The Balaban J connectivity index is 3.21. The summed E-state index contributed by atoms with van der Waals surface area (Å²) in [5.74, 6) is 1.37. The summed E-state index contributed by atoms with van der Waals surface area (Å²) in [6, 6.07) is 5.98. The van der Waals surface area contributed by atoms with Crippen LogP contribution < -0.4 is 4.18 Å². The topological polar surface area (TPSA) is 9.23 Å². The van der Waals surface area contributed by atoms with Gasteiger partial charge >= 0.3 is 0 Å². The summed E-state index contributed by atoms with van der Waals surface area (Å²) < 4.78 is 17.3. The molecule has 1 aromatic carbocycles. The molecule has 0 saturated heterocycles. The van der Waals surface area contributed by atoms with Gasteiger partial charge in [0.25, 0.3) is 12.4 Å². The number of hydrogen-bond acceptors (Lipinski definition) is 2. The van der Waals surface area contributed by atoms with E-state index in [1.807, 2.05) is 18.2 Å². The summed E-state index contributed by atoms with van der Waals surface area (Å²) in [5.41, 5.74) is 2.12. The molecule has 84 valence electrons. The van der Waals surface area contributed by atoms with Crippen molar-refractivity contribution in [1.29, 1.82) is 0 Å². The minimum absolute atomic E-state index is 0.0821. The van der Waals surface area contributed by atoms with Crippen LogP contribution in [0, 0.1) is 0 Å². The van der Waals surface area contributed by atoms with Gasteiger partial charge in [-0.2, -0.15) is 0 Å². The first kappa shape index (κ1) is 12.4. The fourth-order valence-electron chi connectivity index (χ4n) is 1.61. The lowest BCUT2D eigenvalue weighted by atomic mass is 9.94. The van der Waals surface area contributed by atoms with E-state index in [9.17, 15) is 3.89 Å². The van der Waals surface area contributed by atoms with Crippen molar-refractivity contribution in [3.8, 4) is 5.75 Å². The second kappa shape index (κ2) is 5.40. The summed E-state index contributed by atoms with van der Waals surface area (Å²) in [7, 11) is 0. The predicted octanol–water partition coefficient (Wildman–Crippen LogP) is 4.84. The Hall–Kier alpha value is -0.700. The van der Waals surface area contributed by atoms with Gasteiger partial charge in [0.15, 0.2) is 0 Å². The van der Waals surface area contributed by atoms with Gasteiger partial charge in [-0.1, -0.05) is 45.9 Å². The zero-order chi connectivity index (χ0) is 11.4. The van der Waals surface area contributed by atoms with Crippen LogP contribution in [-0.4, -0.2) is 0 Å². The summed E-state index contributed by atoms with van der Waals surface area (Å²) >= 11 is -0.0821. The van der Waals surface area contributed by atoms with Crippen LogP contribution in [0.1, 0.15) is 50.7 Å². The zero-order valence-electron chi connectivity index (χ0n) is 9.58. The Morgan fingerprint density at radius 3 is 1.87 bits per heavy atom. The number of para-hydroxylation sites is 1. The number of hydrogen-bond donors (Lipinski definition) is 0. The van der Waals surface area contributed by atoms with Crippen molar-refractivity contribution >= 4 is 12.4 Å². The molecule has 0 aliphatic heterocycles. The molecule has 0 atom stereocenters. The van der Waals surface area contributed by atoms with E-state index in [1.54, 1.807) is 0 Å². The van der Waals surface area contributed by atoms with Crippen LogP contribution in [0.15, 0.2) is 18.2 Å². The second-order valence-electron chi connectivity index (χ2n) is 4.22. The third kappa shape index (κ3) is 2.88. The van der Waals surface area contributed by atoms with Crippen molar-refractivity contribution in [1.82, 2.24) is 0 Å². The van der Waals surface area contributed by atoms with E-state index in [0.717, 1.165) is 11.1 Å². The average molecular weight is 228 g/mol. The van der Waals surface area contributed by atoms with E-state index in [1.165, 1.54) is 0 Å². The van der Waals surface area contributed by atoms with Gasteiger partial charge in [-0.25, -0.2) is 0 Å². The van der Waals surface area contributed by atoms with Crippen molar-refractivity contribution in [3.63, 3.8) is 0 Å². The number of rotatable bonds is 4. The van der Waals surface area contributed by atoms with Crippen molar-refractivity contribution in [2.24, 2.45) is 0 Å². The summed E-state index contributed by atoms with van der Waals surface area (Å²) in [4.78, 5) is 0. The van der Waals surface area contributed by atoms with Crippen LogP contribution in [0.4, 0.5) is 3.89 Å². The van der Waals surface area contributed by atoms with Gasteiger partial charge < -0.3 is 4.18 Å². The van der Waals surface area contributed by atoms with E-state index in [2.05, 4.69) is 27.7 Å². The highest BCUT2D eigenvalue weighted by molar-refractivity contribution is 7.89. The van der Waals surface area contributed by atoms with Crippen molar-refractivity contribution in [3.05, 3.63) is 29.3 Å². The van der Waals surface area contributed by atoms with Crippen molar-refractivity contribution < 1.29 is 8.07 Å². The van der Waals surface area contributed by atoms with Gasteiger partial charge in [-0.15, -0.1) is 3.89 Å². The van der Waals surface area contributed by atoms with Crippen LogP contribution in [0.25, 0.3) is 0 Å². The Kier molecular flexibility index (Phi) is 4.45. The van der Waals surface area contributed by atoms with Crippen LogP contribution in [0.5, 0.6) is 5.75 Å². The summed E-state index contributed by atoms with van der Waals surface area (Å²) in [6.45, 7) is 8.31. The van der Waals surface area contributed by atoms with Gasteiger partial charge in [-0.3, -0.25) is 0 Å². The minimum atomic E-state index is -0.0821. The highest BCUT2D eigenvalue weighted by atomic mass is 32.2. The Morgan fingerprint density at radius 1 is 1.07 bits per heavy atom. The summed E-state index contributed by atoms with van der Waals surface area (Å²) in [6.07, 6.45) is 0.